The third-order valence-electron chi connectivity index (χ3n) is 4.98. The summed E-state index contributed by atoms with van der Waals surface area (Å²) in [6, 6.07) is 9.63. The molecule has 0 aliphatic carbocycles. The Morgan fingerprint density at radius 1 is 1.06 bits per heavy atom. The lowest BCUT2D eigenvalue weighted by molar-refractivity contribution is -0.231. The van der Waals surface area contributed by atoms with Gasteiger partial charge in [0.05, 0.1) is 13.2 Å². The predicted octanol–water partition coefficient (Wildman–Crippen LogP) is 2.53. The quantitative estimate of drug-likeness (QED) is 0.413. The second-order valence-electron chi connectivity index (χ2n) is 6.97. The Kier molecular flexibility index (Phi) is 10.0. The summed E-state index contributed by atoms with van der Waals surface area (Å²) in [5.41, 5.74) is 1.87. The molecular weight excluding hydrogens is 447 g/mol. The van der Waals surface area contributed by atoms with Crippen LogP contribution in [-0.4, -0.2) is 64.3 Å². The van der Waals surface area contributed by atoms with Gasteiger partial charge < -0.3 is 29.9 Å². The zero-order chi connectivity index (χ0) is 23.1. The molecule has 1 aliphatic heterocycles. The van der Waals surface area contributed by atoms with Crippen molar-refractivity contribution in [1.29, 1.82) is 0 Å². The van der Waals surface area contributed by atoms with Crippen LogP contribution in [0, 0.1) is 5.82 Å². The molecular formula is C22H28ClFO6S. The predicted molar refractivity (Wildman–Crippen MR) is 119 cm³/mol. The number of aliphatic hydroxyl groups is 4. The minimum Gasteiger partial charge on any atom is -0.491 e. The average molecular weight is 475 g/mol. The van der Waals surface area contributed by atoms with Crippen molar-refractivity contribution in [1.82, 2.24) is 0 Å². The standard InChI is InChI=1S/C21H24ClFO6.CH4S/c1-2-28-16-6-3-11(8-15(16)23)7-13-9-12(4-5-14(13)22)21-20(27)19(26)18(25)17(10-24)29-21;1-2/h3-6,8-9,17-21,24-27H,2,7,10H2,1H3;2H,1H3/t17?,18-,19?,20-,21?;/m1./s1. The van der Waals surface area contributed by atoms with Gasteiger partial charge in [-0.3, -0.25) is 0 Å². The normalized spacial score (nSPS) is 25.5. The molecule has 31 heavy (non-hydrogen) atoms. The number of thiol groups is 1. The molecule has 2 aromatic rings. The smallest absolute Gasteiger partial charge is 0.165 e. The molecule has 0 aromatic heterocycles. The minimum atomic E-state index is -1.47. The maximum Gasteiger partial charge on any atom is 0.165 e. The van der Waals surface area contributed by atoms with Gasteiger partial charge in [-0.05, 0) is 54.5 Å². The van der Waals surface area contributed by atoms with E-state index in [0.29, 0.717) is 34.7 Å². The lowest BCUT2D eigenvalue weighted by Crippen LogP contribution is -2.55. The maximum absolute atomic E-state index is 14.1. The molecule has 0 radical (unpaired) electrons. The van der Waals surface area contributed by atoms with Gasteiger partial charge in [0.2, 0.25) is 0 Å². The van der Waals surface area contributed by atoms with E-state index in [0.717, 1.165) is 0 Å². The highest BCUT2D eigenvalue weighted by atomic mass is 35.5. The fourth-order valence-corrected chi connectivity index (χ4v) is 3.62. The molecule has 5 atom stereocenters. The Morgan fingerprint density at radius 2 is 1.77 bits per heavy atom. The van der Waals surface area contributed by atoms with Crippen LogP contribution in [0.5, 0.6) is 5.75 Å². The molecule has 2 aromatic carbocycles. The molecule has 0 amide bonds. The lowest BCUT2D eigenvalue weighted by atomic mass is 9.90. The first-order valence-corrected chi connectivity index (χ1v) is 11.1. The van der Waals surface area contributed by atoms with Crippen LogP contribution < -0.4 is 4.74 Å². The van der Waals surface area contributed by atoms with E-state index in [1.165, 1.54) is 6.07 Å². The van der Waals surface area contributed by atoms with Crippen molar-refractivity contribution in [3.8, 4) is 5.75 Å². The largest absolute Gasteiger partial charge is 0.491 e. The molecule has 9 heteroatoms. The summed E-state index contributed by atoms with van der Waals surface area (Å²) in [6.07, 6.45) is -4.22. The van der Waals surface area contributed by atoms with Crippen LogP contribution in [0.15, 0.2) is 36.4 Å². The van der Waals surface area contributed by atoms with Crippen molar-refractivity contribution in [2.24, 2.45) is 0 Å². The van der Waals surface area contributed by atoms with Crippen LogP contribution in [0.4, 0.5) is 4.39 Å². The van der Waals surface area contributed by atoms with Gasteiger partial charge in [0.25, 0.3) is 0 Å². The molecule has 0 saturated carbocycles. The first kappa shape index (κ1) is 25.9. The molecule has 0 spiro atoms. The minimum absolute atomic E-state index is 0.178. The number of hydrogen-bond acceptors (Lipinski definition) is 7. The Hall–Kier alpha value is -1.39. The van der Waals surface area contributed by atoms with Gasteiger partial charge in [0.15, 0.2) is 11.6 Å². The topological polar surface area (TPSA) is 99.4 Å². The lowest BCUT2D eigenvalue weighted by Gasteiger charge is -2.40. The molecule has 3 unspecified atom stereocenters. The van der Waals surface area contributed by atoms with Crippen molar-refractivity contribution in [3.05, 3.63) is 63.9 Å². The van der Waals surface area contributed by atoms with E-state index in [4.69, 9.17) is 21.1 Å². The van der Waals surface area contributed by atoms with Crippen LogP contribution >= 0.6 is 24.2 Å². The summed E-state index contributed by atoms with van der Waals surface area (Å²) in [6.45, 7) is 1.63. The van der Waals surface area contributed by atoms with E-state index < -0.39 is 42.9 Å². The molecule has 1 heterocycles. The van der Waals surface area contributed by atoms with E-state index in [-0.39, 0.29) is 5.75 Å². The molecule has 172 valence electrons. The molecule has 3 rings (SSSR count). The number of ether oxygens (including phenoxy) is 2. The summed E-state index contributed by atoms with van der Waals surface area (Å²) in [4.78, 5) is 0. The summed E-state index contributed by atoms with van der Waals surface area (Å²) in [7, 11) is 0. The number of benzene rings is 2. The number of aliphatic hydroxyl groups excluding tert-OH is 4. The van der Waals surface area contributed by atoms with Gasteiger partial charge in [0, 0.05) is 5.02 Å². The molecule has 4 N–H and O–H groups in total. The summed E-state index contributed by atoms with van der Waals surface area (Å²) < 4.78 is 24.9. The van der Waals surface area contributed by atoms with E-state index in [9.17, 15) is 24.8 Å². The van der Waals surface area contributed by atoms with Gasteiger partial charge in [-0.2, -0.15) is 12.6 Å². The molecule has 1 aliphatic rings. The van der Waals surface area contributed by atoms with Crippen LogP contribution in [0.25, 0.3) is 0 Å². The van der Waals surface area contributed by atoms with Crippen LogP contribution in [0.1, 0.15) is 29.7 Å². The molecule has 1 fully saturated rings. The van der Waals surface area contributed by atoms with Gasteiger partial charge in [-0.15, -0.1) is 0 Å². The van der Waals surface area contributed by atoms with Gasteiger partial charge in [0.1, 0.15) is 30.5 Å². The van der Waals surface area contributed by atoms with E-state index >= 15 is 0 Å². The number of hydrogen-bond donors (Lipinski definition) is 5. The molecule has 6 nitrogen and oxygen atoms in total. The monoisotopic (exact) mass is 474 g/mol. The van der Waals surface area contributed by atoms with E-state index in [1.807, 2.05) is 0 Å². The SMILES string of the molecule is CCOc1ccc(Cc2cc(C3OC(CO)[C@@H](O)C(O)[C@H]3O)ccc2Cl)cc1F.CS. The number of halogens is 2. The van der Waals surface area contributed by atoms with Crippen molar-refractivity contribution in [3.63, 3.8) is 0 Å². The fraction of sp³-hybridized carbons (Fsp3) is 0.455. The van der Waals surface area contributed by atoms with Crippen molar-refractivity contribution < 1.29 is 34.3 Å². The zero-order valence-electron chi connectivity index (χ0n) is 17.3. The van der Waals surface area contributed by atoms with Gasteiger partial charge >= 0.3 is 0 Å². The second-order valence-corrected chi connectivity index (χ2v) is 7.38. The van der Waals surface area contributed by atoms with Crippen molar-refractivity contribution in [2.45, 2.75) is 43.9 Å². The first-order chi connectivity index (χ1) is 14.8. The second kappa shape index (κ2) is 12.0. The van der Waals surface area contributed by atoms with Crippen LogP contribution in [0.2, 0.25) is 5.02 Å². The Balaban J connectivity index is 0.00000166. The third kappa shape index (κ3) is 6.10. The fourth-order valence-electron chi connectivity index (χ4n) is 3.43. The maximum atomic E-state index is 14.1. The van der Waals surface area contributed by atoms with Crippen LogP contribution in [0.3, 0.4) is 0 Å². The first-order valence-electron chi connectivity index (χ1n) is 9.80. The van der Waals surface area contributed by atoms with Gasteiger partial charge in [-0.1, -0.05) is 29.8 Å². The summed E-state index contributed by atoms with van der Waals surface area (Å²) >= 11 is 9.83. The average Bonchev–Trinajstić information content (AvgIpc) is 2.77. The molecule has 0 bridgehead atoms. The Morgan fingerprint density at radius 3 is 2.39 bits per heavy atom. The highest BCUT2D eigenvalue weighted by Gasteiger charge is 2.44. The van der Waals surface area contributed by atoms with E-state index in [1.54, 1.807) is 43.5 Å². The van der Waals surface area contributed by atoms with Crippen LogP contribution in [-0.2, 0) is 11.2 Å². The zero-order valence-corrected chi connectivity index (χ0v) is 18.9. The molecule has 1 saturated heterocycles. The summed E-state index contributed by atoms with van der Waals surface area (Å²) in [5.74, 6) is -0.289. The Labute approximate surface area is 191 Å². The van der Waals surface area contributed by atoms with Gasteiger partial charge in [-0.25, -0.2) is 4.39 Å². The van der Waals surface area contributed by atoms with E-state index in [2.05, 4.69) is 12.6 Å². The third-order valence-corrected chi connectivity index (χ3v) is 5.35. The Bertz CT molecular complexity index is 853. The van der Waals surface area contributed by atoms with Crippen molar-refractivity contribution in [2.75, 3.05) is 19.5 Å². The highest BCUT2D eigenvalue weighted by Crippen LogP contribution is 2.34. The highest BCUT2D eigenvalue weighted by molar-refractivity contribution is 7.79. The van der Waals surface area contributed by atoms with Crippen molar-refractivity contribution >= 4 is 24.2 Å². The number of rotatable bonds is 6. The summed E-state index contributed by atoms with van der Waals surface area (Å²) in [5, 5.41) is 40.1.